The number of hydrogen-bond donors (Lipinski definition) is 3. The van der Waals surface area contributed by atoms with Crippen molar-refractivity contribution in [3.8, 4) is 0 Å². The normalized spacial score (nSPS) is 17.1. The Labute approximate surface area is 106 Å². The molecule has 0 radical (unpaired) electrons. The topological polar surface area (TPSA) is 96.4 Å². The molecule has 100 valence electrons. The Morgan fingerprint density at radius 1 is 1.67 bits per heavy atom. The maximum atomic E-state index is 11.2. The average molecular weight is 253 g/mol. The number of aromatic nitrogens is 1. The van der Waals surface area contributed by atoms with E-state index in [0.717, 1.165) is 25.9 Å². The summed E-state index contributed by atoms with van der Waals surface area (Å²) in [6, 6.07) is 2.17. The Balaban J connectivity index is 1.92. The van der Waals surface area contributed by atoms with Gasteiger partial charge in [-0.15, -0.1) is 0 Å². The van der Waals surface area contributed by atoms with Crippen LogP contribution in [0.25, 0.3) is 0 Å². The third kappa shape index (κ3) is 3.06. The maximum absolute atomic E-state index is 11.2. The predicted molar refractivity (Wildman–Crippen MR) is 65.5 cm³/mol. The van der Waals surface area contributed by atoms with Crippen LogP contribution in [0.4, 0.5) is 0 Å². The summed E-state index contributed by atoms with van der Waals surface area (Å²) >= 11 is 0. The van der Waals surface area contributed by atoms with E-state index in [0.29, 0.717) is 18.3 Å². The summed E-state index contributed by atoms with van der Waals surface area (Å²) in [7, 11) is 2.06. The minimum Gasteiger partial charge on any atom is -0.359 e. The number of hydrazine groups is 1. The lowest BCUT2D eigenvalue weighted by atomic mass is 10.1. The first-order chi connectivity index (χ1) is 8.70. The van der Waals surface area contributed by atoms with Crippen molar-refractivity contribution >= 4 is 5.91 Å². The molecular formula is C11H19N5O2. The molecule has 0 atom stereocenters. The monoisotopic (exact) mass is 253 g/mol. The van der Waals surface area contributed by atoms with Crippen LogP contribution < -0.4 is 16.6 Å². The molecule has 0 unspecified atom stereocenters. The highest BCUT2D eigenvalue weighted by atomic mass is 16.5. The molecule has 1 fully saturated rings. The highest BCUT2D eigenvalue weighted by molar-refractivity contribution is 5.91. The van der Waals surface area contributed by atoms with Gasteiger partial charge in [0.2, 0.25) is 0 Å². The fourth-order valence-corrected chi connectivity index (χ4v) is 2.19. The first-order valence-electron chi connectivity index (χ1n) is 6.08. The van der Waals surface area contributed by atoms with E-state index in [-0.39, 0.29) is 5.69 Å². The van der Waals surface area contributed by atoms with Gasteiger partial charge in [-0.3, -0.25) is 15.1 Å². The van der Waals surface area contributed by atoms with E-state index in [4.69, 9.17) is 10.4 Å². The molecule has 2 heterocycles. The minimum atomic E-state index is -0.436. The molecular weight excluding hydrogens is 234 g/mol. The fraction of sp³-hybridized carbons (Fsp3) is 0.636. The molecule has 0 saturated carbocycles. The minimum absolute atomic E-state index is 0.214. The molecule has 0 bridgehead atoms. The molecule has 1 aromatic rings. The lowest BCUT2D eigenvalue weighted by Crippen LogP contribution is -2.40. The quantitative estimate of drug-likeness (QED) is 0.379. The van der Waals surface area contributed by atoms with Gasteiger partial charge in [0, 0.05) is 12.1 Å². The number of nitrogen functional groups attached to an aromatic ring is 1. The summed E-state index contributed by atoms with van der Waals surface area (Å²) in [5.41, 5.74) is 2.24. The van der Waals surface area contributed by atoms with Crippen LogP contribution in [0, 0.1) is 0 Å². The summed E-state index contributed by atoms with van der Waals surface area (Å²) in [5, 5.41) is 7.01. The first kappa shape index (κ1) is 13.0. The van der Waals surface area contributed by atoms with Gasteiger partial charge in [0.1, 0.15) is 0 Å². The second-order valence-corrected chi connectivity index (χ2v) is 4.55. The summed E-state index contributed by atoms with van der Waals surface area (Å²) in [6.45, 7) is 2.74. The lowest BCUT2D eigenvalue weighted by Gasteiger charge is -2.30. The molecule has 0 aromatic carbocycles. The summed E-state index contributed by atoms with van der Waals surface area (Å²) in [6.07, 6.45) is 2.25. The zero-order valence-corrected chi connectivity index (χ0v) is 10.5. The number of carbonyl (C=O) groups is 1. The van der Waals surface area contributed by atoms with Gasteiger partial charge in [-0.1, -0.05) is 5.16 Å². The van der Waals surface area contributed by atoms with E-state index in [1.165, 1.54) is 0 Å². The Morgan fingerprint density at radius 3 is 3.06 bits per heavy atom. The van der Waals surface area contributed by atoms with Crippen LogP contribution in [0.3, 0.4) is 0 Å². The molecule has 1 aromatic heterocycles. The van der Waals surface area contributed by atoms with E-state index in [1.807, 2.05) is 5.43 Å². The van der Waals surface area contributed by atoms with Crippen LogP contribution in [-0.4, -0.2) is 42.1 Å². The summed E-state index contributed by atoms with van der Waals surface area (Å²) in [5.74, 6) is 5.27. The molecule has 2 rings (SSSR count). The van der Waals surface area contributed by atoms with Crippen LogP contribution in [0.1, 0.15) is 29.1 Å². The van der Waals surface area contributed by atoms with Crippen molar-refractivity contribution in [2.75, 3.05) is 20.1 Å². The van der Waals surface area contributed by atoms with Gasteiger partial charge in [-0.25, -0.2) is 5.84 Å². The molecule has 0 aliphatic carbocycles. The van der Waals surface area contributed by atoms with Crippen LogP contribution in [0.5, 0.6) is 0 Å². The number of carbonyl (C=O) groups excluding carboxylic acids is 1. The number of nitrogens with one attached hydrogen (secondary N) is 2. The lowest BCUT2D eigenvalue weighted by molar-refractivity contribution is 0.0944. The molecule has 7 nitrogen and oxygen atoms in total. The van der Waals surface area contributed by atoms with Gasteiger partial charge >= 0.3 is 0 Å². The first-order valence-corrected chi connectivity index (χ1v) is 6.08. The standard InChI is InChI=1S/C11H19N5O2/c1-16(8-2-4-13-5-3-8)7-9-6-10(15-18-9)11(17)14-12/h6,8,13H,2-5,7,12H2,1H3,(H,14,17). The van der Waals surface area contributed by atoms with Crippen molar-refractivity contribution in [2.24, 2.45) is 5.84 Å². The highest BCUT2D eigenvalue weighted by Gasteiger charge is 2.20. The van der Waals surface area contributed by atoms with E-state index in [2.05, 4.69) is 22.4 Å². The fourth-order valence-electron chi connectivity index (χ4n) is 2.19. The van der Waals surface area contributed by atoms with Crippen LogP contribution >= 0.6 is 0 Å². The Bertz CT molecular complexity index is 400. The number of nitrogens with two attached hydrogens (primary N) is 1. The second kappa shape index (κ2) is 5.94. The molecule has 0 spiro atoms. The van der Waals surface area contributed by atoms with Crippen LogP contribution in [0.15, 0.2) is 10.6 Å². The summed E-state index contributed by atoms with van der Waals surface area (Å²) < 4.78 is 5.13. The number of nitrogens with zero attached hydrogens (tertiary/aromatic N) is 2. The van der Waals surface area contributed by atoms with Crippen LogP contribution in [-0.2, 0) is 6.54 Å². The highest BCUT2D eigenvalue weighted by Crippen LogP contribution is 2.14. The van der Waals surface area contributed by atoms with Gasteiger partial charge < -0.3 is 9.84 Å². The van der Waals surface area contributed by atoms with Crippen LogP contribution in [0.2, 0.25) is 0 Å². The number of amides is 1. The largest absolute Gasteiger partial charge is 0.359 e. The van der Waals surface area contributed by atoms with E-state index < -0.39 is 5.91 Å². The summed E-state index contributed by atoms with van der Waals surface area (Å²) in [4.78, 5) is 13.5. The van der Waals surface area contributed by atoms with E-state index >= 15 is 0 Å². The van der Waals surface area contributed by atoms with Crippen molar-refractivity contribution in [2.45, 2.75) is 25.4 Å². The van der Waals surface area contributed by atoms with Crippen molar-refractivity contribution in [1.82, 2.24) is 20.8 Å². The Morgan fingerprint density at radius 2 is 2.39 bits per heavy atom. The van der Waals surface area contributed by atoms with Gasteiger partial charge in [0.25, 0.3) is 5.91 Å². The Kier molecular flexibility index (Phi) is 4.29. The van der Waals surface area contributed by atoms with Gasteiger partial charge in [-0.2, -0.15) is 0 Å². The number of piperidine rings is 1. The molecule has 1 saturated heterocycles. The molecule has 4 N–H and O–H groups in total. The molecule has 18 heavy (non-hydrogen) atoms. The van der Waals surface area contributed by atoms with Crippen molar-refractivity contribution < 1.29 is 9.32 Å². The van der Waals surface area contributed by atoms with Gasteiger partial charge in [0.15, 0.2) is 11.5 Å². The zero-order valence-electron chi connectivity index (χ0n) is 10.5. The molecule has 7 heteroatoms. The van der Waals surface area contributed by atoms with Gasteiger partial charge in [-0.05, 0) is 33.0 Å². The zero-order chi connectivity index (χ0) is 13.0. The Hall–Kier alpha value is -1.44. The maximum Gasteiger partial charge on any atom is 0.287 e. The molecule has 1 aliphatic rings. The predicted octanol–water partition coefficient (Wildman–Crippen LogP) is -0.538. The van der Waals surface area contributed by atoms with Crippen molar-refractivity contribution in [3.05, 3.63) is 17.5 Å². The number of rotatable bonds is 4. The van der Waals surface area contributed by atoms with E-state index in [1.54, 1.807) is 6.07 Å². The van der Waals surface area contributed by atoms with Gasteiger partial charge in [0.05, 0.1) is 6.54 Å². The smallest absolute Gasteiger partial charge is 0.287 e. The molecule has 1 amide bonds. The average Bonchev–Trinajstić information content (AvgIpc) is 2.87. The second-order valence-electron chi connectivity index (χ2n) is 4.55. The van der Waals surface area contributed by atoms with Crippen molar-refractivity contribution in [3.63, 3.8) is 0 Å². The third-order valence-corrected chi connectivity index (χ3v) is 3.26. The number of hydrogen-bond acceptors (Lipinski definition) is 6. The molecule has 1 aliphatic heterocycles. The SMILES string of the molecule is CN(Cc1cc(C(=O)NN)no1)C1CCNCC1. The van der Waals surface area contributed by atoms with E-state index in [9.17, 15) is 4.79 Å². The third-order valence-electron chi connectivity index (χ3n) is 3.26. The van der Waals surface area contributed by atoms with Crippen molar-refractivity contribution in [1.29, 1.82) is 0 Å².